The van der Waals surface area contributed by atoms with E-state index < -0.39 is 16.2 Å². The van der Waals surface area contributed by atoms with Gasteiger partial charge in [-0.2, -0.15) is 0 Å². The van der Waals surface area contributed by atoms with Crippen molar-refractivity contribution in [1.82, 2.24) is 0 Å². The Labute approximate surface area is 48.6 Å². The molecular weight excluding hydrogens is 133 g/mol. The van der Waals surface area contributed by atoms with Gasteiger partial charge in [0.1, 0.15) is 0 Å². The van der Waals surface area contributed by atoms with Crippen molar-refractivity contribution in [3.05, 3.63) is 0 Å². The standard InChI is InChI=1S/C3H8FNO2S/c4-3(1-2-5)8(6)7/h3,8H,1-2,5H2. The summed E-state index contributed by atoms with van der Waals surface area (Å²) in [5.41, 5.74) is 3.11. The predicted molar refractivity (Wildman–Crippen MR) is 28.9 cm³/mol. The highest BCUT2D eigenvalue weighted by Gasteiger charge is 2.05. The van der Waals surface area contributed by atoms with Gasteiger partial charge >= 0.3 is 0 Å². The number of hydrogen-bond donors (Lipinski definition) is 2. The Morgan fingerprint density at radius 1 is 1.62 bits per heavy atom. The van der Waals surface area contributed by atoms with E-state index in [0.717, 1.165) is 0 Å². The summed E-state index contributed by atoms with van der Waals surface area (Å²) in [7, 11) is -2.91. The van der Waals surface area contributed by atoms with E-state index in [-0.39, 0.29) is 13.0 Å². The molecule has 0 spiro atoms. The summed E-state index contributed by atoms with van der Waals surface area (Å²) >= 11 is 0. The van der Waals surface area contributed by atoms with E-state index in [4.69, 9.17) is 5.73 Å². The SMILES string of the molecule is NCCC(F)[SH](=O)=O. The topological polar surface area (TPSA) is 60.2 Å². The van der Waals surface area contributed by atoms with Gasteiger partial charge in [0.2, 0.25) is 0 Å². The summed E-state index contributed by atoms with van der Waals surface area (Å²) in [6.45, 7) is 0.0739. The van der Waals surface area contributed by atoms with Gasteiger partial charge in [-0.1, -0.05) is 0 Å². The molecule has 0 bridgehead atoms. The number of halogens is 1. The van der Waals surface area contributed by atoms with Crippen LogP contribution in [0, 0.1) is 0 Å². The van der Waals surface area contributed by atoms with Crippen LogP contribution in [0.2, 0.25) is 0 Å². The third-order valence-corrected chi connectivity index (χ3v) is 1.35. The number of alkyl halides is 1. The Bertz CT molecular complexity index is 116. The molecule has 5 heteroatoms. The minimum absolute atomic E-state index is 0.0739. The van der Waals surface area contributed by atoms with E-state index in [1.807, 2.05) is 0 Å². The lowest BCUT2D eigenvalue weighted by Crippen LogP contribution is -2.09. The number of rotatable bonds is 3. The maximum Gasteiger partial charge on any atom is 0.199 e. The lowest BCUT2D eigenvalue weighted by atomic mass is 10.5. The summed E-state index contributed by atoms with van der Waals surface area (Å²) in [5.74, 6) is 0. The van der Waals surface area contributed by atoms with Crippen molar-refractivity contribution < 1.29 is 12.8 Å². The van der Waals surface area contributed by atoms with Gasteiger partial charge in [-0.25, -0.2) is 12.8 Å². The van der Waals surface area contributed by atoms with Crippen molar-refractivity contribution in [1.29, 1.82) is 0 Å². The quantitative estimate of drug-likeness (QED) is 0.508. The zero-order valence-corrected chi connectivity index (χ0v) is 5.11. The summed E-state index contributed by atoms with van der Waals surface area (Å²) in [4.78, 5) is 0. The molecule has 8 heavy (non-hydrogen) atoms. The molecule has 50 valence electrons. The highest BCUT2D eigenvalue weighted by Crippen LogP contribution is 1.94. The van der Waals surface area contributed by atoms with E-state index in [2.05, 4.69) is 0 Å². The molecule has 0 saturated carbocycles. The second kappa shape index (κ2) is 3.80. The van der Waals surface area contributed by atoms with Crippen LogP contribution in [0.5, 0.6) is 0 Å². The molecule has 2 N–H and O–H groups in total. The fourth-order valence-electron chi connectivity index (χ4n) is 0.243. The van der Waals surface area contributed by atoms with Crippen molar-refractivity contribution in [2.45, 2.75) is 11.9 Å². The maximum absolute atomic E-state index is 11.8. The van der Waals surface area contributed by atoms with Crippen LogP contribution in [0.3, 0.4) is 0 Å². The molecule has 1 unspecified atom stereocenters. The van der Waals surface area contributed by atoms with Crippen LogP contribution in [0.1, 0.15) is 6.42 Å². The minimum atomic E-state index is -2.91. The molecule has 1 atom stereocenters. The highest BCUT2D eigenvalue weighted by molar-refractivity contribution is 7.72. The number of thiol groups is 1. The molecule has 0 aromatic heterocycles. The van der Waals surface area contributed by atoms with Gasteiger partial charge in [0.25, 0.3) is 0 Å². The van der Waals surface area contributed by atoms with Crippen LogP contribution in [0.4, 0.5) is 4.39 Å². The Balaban J connectivity index is 3.48. The third-order valence-electron chi connectivity index (χ3n) is 0.634. The minimum Gasteiger partial charge on any atom is -0.330 e. The van der Waals surface area contributed by atoms with E-state index in [0.29, 0.717) is 0 Å². The van der Waals surface area contributed by atoms with Gasteiger partial charge in [0.05, 0.1) is 0 Å². The predicted octanol–water partition coefficient (Wildman–Crippen LogP) is -0.758. The van der Waals surface area contributed by atoms with E-state index in [1.54, 1.807) is 0 Å². The fraction of sp³-hybridized carbons (Fsp3) is 1.00. The zero-order valence-electron chi connectivity index (χ0n) is 4.21. The van der Waals surface area contributed by atoms with Crippen molar-refractivity contribution in [3.8, 4) is 0 Å². The summed E-state index contributed by atoms with van der Waals surface area (Å²) in [6, 6.07) is 0. The van der Waals surface area contributed by atoms with Crippen LogP contribution in [-0.4, -0.2) is 20.5 Å². The second-order valence-corrected chi connectivity index (χ2v) is 2.43. The molecule has 0 aliphatic carbocycles. The monoisotopic (exact) mass is 141 g/mol. The summed E-state index contributed by atoms with van der Waals surface area (Å²) in [6.07, 6.45) is -0.0985. The van der Waals surface area contributed by atoms with Gasteiger partial charge in [-0.3, -0.25) is 0 Å². The van der Waals surface area contributed by atoms with Crippen LogP contribution in [0.15, 0.2) is 0 Å². The first-order valence-electron chi connectivity index (χ1n) is 2.16. The van der Waals surface area contributed by atoms with E-state index >= 15 is 0 Å². The lowest BCUT2D eigenvalue weighted by molar-refractivity contribution is 0.411. The fourth-order valence-corrected chi connectivity index (χ4v) is 0.603. The Hall–Kier alpha value is -0.160. The van der Waals surface area contributed by atoms with Crippen molar-refractivity contribution in [2.75, 3.05) is 6.54 Å². The van der Waals surface area contributed by atoms with Crippen LogP contribution in [0.25, 0.3) is 0 Å². The van der Waals surface area contributed by atoms with Crippen molar-refractivity contribution in [3.63, 3.8) is 0 Å². The van der Waals surface area contributed by atoms with Gasteiger partial charge in [-0.05, 0) is 6.54 Å². The normalized spacial score (nSPS) is 14.4. The van der Waals surface area contributed by atoms with Crippen molar-refractivity contribution >= 4 is 10.7 Å². The van der Waals surface area contributed by atoms with Gasteiger partial charge in [-0.15, -0.1) is 0 Å². The molecule has 0 fully saturated rings. The molecule has 3 nitrogen and oxygen atoms in total. The van der Waals surface area contributed by atoms with E-state index in [1.165, 1.54) is 0 Å². The molecule has 0 aliphatic rings. The molecular formula is C3H8FNO2S. The summed E-state index contributed by atoms with van der Waals surface area (Å²) < 4.78 is 31.2. The molecule has 0 aliphatic heterocycles. The Morgan fingerprint density at radius 2 is 2.12 bits per heavy atom. The lowest BCUT2D eigenvalue weighted by Gasteiger charge is -1.92. The van der Waals surface area contributed by atoms with Crippen LogP contribution in [-0.2, 0) is 10.7 Å². The molecule has 0 amide bonds. The molecule has 0 radical (unpaired) electrons. The average molecular weight is 141 g/mol. The summed E-state index contributed by atoms with van der Waals surface area (Å²) in [5, 5.41) is 0. The largest absolute Gasteiger partial charge is 0.330 e. The van der Waals surface area contributed by atoms with Gasteiger partial charge < -0.3 is 5.73 Å². The average Bonchev–Trinajstić information content (AvgIpc) is 1.67. The Kier molecular flexibility index (Phi) is 3.72. The molecule has 0 heterocycles. The molecule has 0 saturated heterocycles. The van der Waals surface area contributed by atoms with Crippen LogP contribution < -0.4 is 5.73 Å². The maximum atomic E-state index is 11.8. The highest BCUT2D eigenvalue weighted by atomic mass is 32.2. The first-order valence-corrected chi connectivity index (χ1v) is 3.40. The molecule has 0 rings (SSSR count). The smallest absolute Gasteiger partial charge is 0.199 e. The van der Waals surface area contributed by atoms with Gasteiger partial charge in [0, 0.05) is 6.42 Å². The second-order valence-electron chi connectivity index (χ2n) is 1.30. The number of nitrogens with two attached hydrogens (primary N) is 1. The van der Waals surface area contributed by atoms with Crippen molar-refractivity contribution in [2.24, 2.45) is 5.73 Å². The van der Waals surface area contributed by atoms with Gasteiger partial charge in [0.15, 0.2) is 16.2 Å². The first kappa shape index (κ1) is 7.84. The Morgan fingerprint density at radius 3 is 2.25 bits per heavy atom. The third kappa shape index (κ3) is 2.92. The molecule has 0 aromatic rings. The first-order chi connectivity index (χ1) is 3.68. The van der Waals surface area contributed by atoms with E-state index in [9.17, 15) is 12.8 Å². The molecule has 0 aromatic carbocycles. The van der Waals surface area contributed by atoms with Crippen LogP contribution >= 0.6 is 0 Å². The zero-order chi connectivity index (χ0) is 6.57. The number of hydrogen-bond acceptors (Lipinski definition) is 3.